The normalized spacial score (nSPS) is 23.1. The Kier molecular flexibility index (Phi) is 5.40. The van der Waals surface area contributed by atoms with E-state index in [1.54, 1.807) is 7.11 Å². The molecule has 5 heteroatoms. The van der Waals surface area contributed by atoms with E-state index in [1.165, 1.54) is 0 Å². The van der Waals surface area contributed by atoms with E-state index in [-0.39, 0.29) is 12.0 Å². The number of ether oxygens (including phenoxy) is 1. The lowest BCUT2D eigenvalue weighted by molar-refractivity contribution is 0.00476. The number of aliphatic hydroxyl groups excluding tert-OH is 1. The molecule has 0 amide bonds. The summed E-state index contributed by atoms with van der Waals surface area (Å²) in [5.41, 5.74) is 1.81. The van der Waals surface area contributed by atoms with Gasteiger partial charge in [-0.05, 0) is 37.4 Å². The standard InChI is InChI=1S/C16H25N3O2/c1-18-10-14(8-15(18)9-17)11-19-6-3-4-16(12-19,13-20)5-7-21-2/h8,10,20H,3-7,11-13H2,1-2H3/t16-/m0/s1. The minimum absolute atomic E-state index is 0.0406. The Morgan fingerprint density at radius 1 is 1.52 bits per heavy atom. The van der Waals surface area contributed by atoms with Gasteiger partial charge in [-0.3, -0.25) is 4.90 Å². The second-order valence-corrected chi connectivity index (χ2v) is 6.17. The lowest BCUT2D eigenvalue weighted by Crippen LogP contribution is -2.45. The third kappa shape index (κ3) is 3.85. The minimum Gasteiger partial charge on any atom is -0.396 e. The summed E-state index contributed by atoms with van der Waals surface area (Å²) in [5.74, 6) is 0. The number of methoxy groups -OCH3 is 1. The highest BCUT2D eigenvalue weighted by Gasteiger charge is 2.34. The van der Waals surface area contributed by atoms with Crippen LogP contribution >= 0.6 is 0 Å². The minimum atomic E-state index is -0.0406. The second kappa shape index (κ2) is 7.08. The average molecular weight is 291 g/mol. The summed E-state index contributed by atoms with van der Waals surface area (Å²) in [5, 5.41) is 18.8. The number of aliphatic hydroxyl groups is 1. The van der Waals surface area contributed by atoms with Crippen LogP contribution in [0.2, 0.25) is 0 Å². The summed E-state index contributed by atoms with van der Waals surface area (Å²) in [6, 6.07) is 4.14. The molecular weight excluding hydrogens is 266 g/mol. The number of rotatable bonds is 6. The largest absolute Gasteiger partial charge is 0.396 e. The van der Waals surface area contributed by atoms with E-state index in [0.29, 0.717) is 12.3 Å². The van der Waals surface area contributed by atoms with Gasteiger partial charge in [0.2, 0.25) is 0 Å². The molecule has 0 aliphatic carbocycles. The molecule has 0 radical (unpaired) electrons. The predicted molar refractivity (Wildman–Crippen MR) is 80.7 cm³/mol. The molecular formula is C16H25N3O2. The lowest BCUT2D eigenvalue weighted by Gasteiger charge is -2.41. The Bertz CT molecular complexity index is 506. The molecule has 1 aromatic heterocycles. The van der Waals surface area contributed by atoms with E-state index in [9.17, 15) is 5.11 Å². The summed E-state index contributed by atoms with van der Waals surface area (Å²) >= 11 is 0. The zero-order chi connectivity index (χ0) is 15.3. The maximum absolute atomic E-state index is 9.81. The summed E-state index contributed by atoms with van der Waals surface area (Å²) in [7, 11) is 3.61. The number of aryl methyl sites for hydroxylation is 1. The van der Waals surface area contributed by atoms with E-state index in [1.807, 2.05) is 23.9 Å². The summed E-state index contributed by atoms with van der Waals surface area (Å²) in [6.07, 6.45) is 5.07. The highest BCUT2D eigenvalue weighted by Crippen LogP contribution is 2.33. The average Bonchev–Trinajstić information content (AvgIpc) is 2.85. The molecule has 0 saturated carbocycles. The molecule has 2 rings (SSSR count). The van der Waals surface area contributed by atoms with Gasteiger partial charge in [0.05, 0.1) is 6.61 Å². The first kappa shape index (κ1) is 16.0. The van der Waals surface area contributed by atoms with E-state index in [2.05, 4.69) is 11.0 Å². The van der Waals surface area contributed by atoms with Crippen LogP contribution in [0.15, 0.2) is 12.3 Å². The van der Waals surface area contributed by atoms with Gasteiger partial charge in [-0.25, -0.2) is 0 Å². The maximum Gasteiger partial charge on any atom is 0.120 e. The Balaban J connectivity index is 2.01. The number of piperidine rings is 1. The van der Waals surface area contributed by atoms with Crippen LogP contribution in [-0.2, 0) is 18.3 Å². The number of nitrogens with zero attached hydrogens (tertiary/aromatic N) is 3. The van der Waals surface area contributed by atoms with Crippen LogP contribution in [0.1, 0.15) is 30.5 Å². The van der Waals surface area contributed by atoms with Crippen molar-refractivity contribution in [3.05, 3.63) is 23.5 Å². The molecule has 1 N–H and O–H groups in total. The zero-order valence-corrected chi connectivity index (χ0v) is 13.0. The Morgan fingerprint density at radius 2 is 2.33 bits per heavy atom. The van der Waals surface area contributed by atoms with Crippen LogP contribution in [0.3, 0.4) is 0 Å². The molecule has 0 unspecified atom stereocenters. The molecule has 0 aromatic carbocycles. The van der Waals surface area contributed by atoms with Crippen molar-refractivity contribution in [3.63, 3.8) is 0 Å². The number of likely N-dealkylation sites (tertiary alicyclic amines) is 1. The second-order valence-electron chi connectivity index (χ2n) is 6.17. The Hall–Kier alpha value is -1.35. The van der Waals surface area contributed by atoms with Crippen LogP contribution in [0.5, 0.6) is 0 Å². The van der Waals surface area contributed by atoms with Gasteiger partial charge < -0.3 is 14.4 Å². The number of hydrogen-bond acceptors (Lipinski definition) is 4. The smallest absolute Gasteiger partial charge is 0.120 e. The van der Waals surface area contributed by atoms with Crippen molar-refractivity contribution in [3.8, 4) is 6.07 Å². The molecule has 1 atom stereocenters. The fraction of sp³-hybridized carbons (Fsp3) is 0.688. The first-order chi connectivity index (χ1) is 10.1. The first-order valence-corrected chi connectivity index (χ1v) is 7.50. The van der Waals surface area contributed by atoms with Crippen molar-refractivity contribution in [2.75, 3.05) is 33.4 Å². The quantitative estimate of drug-likeness (QED) is 0.863. The lowest BCUT2D eigenvalue weighted by atomic mass is 9.78. The van der Waals surface area contributed by atoms with Gasteiger partial charge in [0.1, 0.15) is 11.8 Å². The Morgan fingerprint density at radius 3 is 2.95 bits per heavy atom. The molecule has 1 aromatic rings. The molecule has 5 nitrogen and oxygen atoms in total. The van der Waals surface area contributed by atoms with Gasteiger partial charge in [0, 0.05) is 45.5 Å². The van der Waals surface area contributed by atoms with Crippen LogP contribution < -0.4 is 0 Å². The van der Waals surface area contributed by atoms with Crippen molar-refractivity contribution in [2.45, 2.75) is 25.8 Å². The molecule has 116 valence electrons. The fourth-order valence-corrected chi connectivity index (χ4v) is 3.26. The predicted octanol–water partition coefficient (Wildman–Crippen LogP) is 1.51. The highest BCUT2D eigenvalue weighted by molar-refractivity contribution is 5.28. The SMILES string of the molecule is COCC[C@@]1(CO)CCCN(Cc2cc(C#N)n(C)c2)C1. The molecule has 0 spiro atoms. The van der Waals surface area contributed by atoms with Crippen LogP contribution in [-0.4, -0.2) is 48.0 Å². The van der Waals surface area contributed by atoms with Crippen molar-refractivity contribution >= 4 is 0 Å². The number of nitriles is 1. The van der Waals surface area contributed by atoms with Crippen LogP contribution in [0.4, 0.5) is 0 Å². The molecule has 1 fully saturated rings. The third-order valence-corrected chi connectivity index (χ3v) is 4.49. The molecule has 1 aliphatic rings. The molecule has 0 bridgehead atoms. The van der Waals surface area contributed by atoms with Gasteiger partial charge in [0.15, 0.2) is 0 Å². The van der Waals surface area contributed by atoms with E-state index in [4.69, 9.17) is 10.00 Å². The fourth-order valence-electron chi connectivity index (χ4n) is 3.26. The molecule has 1 saturated heterocycles. The van der Waals surface area contributed by atoms with Gasteiger partial charge in [-0.1, -0.05) is 0 Å². The van der Waals surface area contributed by atoms with E-state index >= 15 is 0 Å². The molecule has 1 aliphatic heterocycles. The Labute approximate surface area is 126 Å². The van der Waals surface area contributed by atoms with Gasteiger partial charge >= 0.3 is 0 Å². The summed E-state index contributed by atoms with van der Waals surface area (Å²) < 4.78 is 7.05. The number of aromatic nitrogens is 1. The van der Waals surface area contributed by atoms with Crippen molar-refractivity contribution < 1.29 is 9.84 Å². The van der Waals surface area contributed by atoms with Gasteiger partial charge in [-0.2, -0.15) is 5.26 Å². The maximum atomic E-state index is 9.81. The van der Waals surface area contributed by atoms with Crippen LogP contribution in [0.25, 0.3) is 0 Å². The summed E-state index contributed by atoms with van der Waals surface area (Å²) in [6.45, 7) is 3.68. The highest BCUT2D eigenvalue weighted by atomic mass is 16.5. The van der Waals surface area contributed by atoms with E-state index in [0.717, 1.165) is 44.5 Å². The van der Waals surface area contributed by atoms with E-state index < -0.39 is 0 Å². The third-order valence-electron chi connectivity index (χ3n) is 4.49. The zero-order valence-electron chi connectivity index (χ0n) is 13.0. The summed E-state index contributed by atoms with van der Waals surface area (Å²) in [4.78, 5) is 2.38. The topological polar surface area (TPSA) is 61.4 Å². The van der Waals surface area contributed by atoms with Crippen molar-refractivity contribution in [1.82, 2.24) is 9.47 Å². The van der Waals surface area contributed by atoms with Crippen molar-refractivity contribution in [1.29, 1.82) is 5.26 Å². The first-order valence-electron chi connectivity index (χ1n) is 7.50. The monoisotopic (exact) mass is 291 g/mol. The van der Waals surface area contributed by atoms with Gasteiger partial charge in [-0.15, -0.1) is 0 Å². The van der Waals surface area contributed by atoms with Crippen molar-refractivity contribution in [2.24, 2.45) is 12.5 Å². The van der Waals surface area contributed by atoms with Gasteiger partial charge in [0.25, 0.3) is 0 Å². The number of hydrogen-bond donors (Lipinski definition) is 1. The molecule has 21 heavy (non-hydrogen) atoms. The van der Waals surface area contributed by atoms with Crippen LogP contribution in [0, 0.1) is 16.7 Å². The molecule has 2 heterocycles.